The van der Waals surface area contributed by atoms with E-state index in [1.54, 1.807) is 18.6 Å². The summed E-state index contributed by atoms with van der Waals surface area (Å²) in [6.07, 6.45) is 3.24. The van der Waals surface area contributed by atoms with E-state index >= 15 is 0 Å². The van der Waals surface area contributed by atoms with Gasteiger partial charge in [0.15, 0.2) is 0 Å². The molecule has 0 aliphatic carbocycles. The number of rotatable bonds is 7. The fourth-order valence-electron chi connectivity index (χ4n) is 1.50. The van der Waals surface area contributed by atoms with Gasteiger partial charge in [-0.15, -0.1) is 0 Å². The molecule has 0 aliphatic rings. The van der Waals surface area contributed by atoms with Crippen molar-refractivity contribution in [2.45, 2.75) is 19.5 Å². The van der Waals surface area contributed by atoms with E-state index in [0.29, 0.717) is 18.8 Å². The van der Waals surface area contributed by atoms with Crippen LogP contribution in [0, 0.1) is 0 Å². The van der Waals surface area contributed by atoms with E-state index in [0.717, 1.165) is 5.76 Å². The summed E-state index contributed by atoms with van der Waals surface area (Å²) in [5, 5.41) is 2.77. The van der Waals surface area contributed by atoms with Gasteiger partial charge in [0.25, 0.3) is 0 Å². The summed E-state index contributed by atoms with van der Waals surface area (Å²) < 4.78 is 16.2. The number of nitrogens with one attached hydrogen (secondary N) is 1. The first kappa shape index (κ1) is 14.9. The minimum atomic E-state index is -0.847. The zero-order chi connectivity index (χ0) is 13.5. The summed E-state index contributed by atoms with van der Waals surface area (Å²) in [5.74, 6) is 1.23. The third kappa shape index (κ3) is 5.46. The lowest BCUT2D eigenvalue weighted by molar-refractivity contribution is -0.122. The Hall–Kier alpha value is -1.14. The maximum atomic E-state index is 11.7. The van der Waals surface area contributed by atoms with E-state index in [9.17, 15) is 9.00 Å². The van der Waals surface area contributed by atoms with Crippen molar-refractivity contribution in [3.63, 3.8) is 0 Å². The predicted octanol–water partition coefficient (Wildman–Crippen LogP) is 0.595. The van der Waals surface area contributed by atoms with Crippen LogP contribution in [0.4, 0.5) is 0 Å². The zero-order valence-electron chi connectivity index (χ0n) is 11.0. The van der Waals surface area contributed by atoms with Gasteiger partial charge in [-0.3, -0.25) is 13.9 Å². The van der Waals surface area contributed by atoms with Crippen LogP contribution in [0.1, 0.15) is 12.7 Å². The number of carbonyl (C=O) groups is 1. The molecule has 102 valence electrons. The molecule has 0 saturated carbocycles. The summed E-state index contributed by atoms with van der Waals surface area (Å²) in [5.41, 5.74) is 0. The van der Waals surface area contributed by atoms with Crippen LogP contribution in [0.2, 0.25) is 0 Å². The summed E-state index contributed by atoms with van der Waals surface area (Å²) in [4.78, 5) is 13.6. The van der Waals surface area contributed by atoms with Crippen LogP contribution in [0.3, 0.4) is 0 Å². The molecule has 0 fully saturated rings. The first-order valence-electron chi connectivity index (χ1n) is 5.78. The maximum Gasteiger partial charge on any atom is 0.234 e. The Bertz CT molecular complexity index is 392. The Morgan fingerprint density at radius 2 is 2.33 bits per heavy atom. The topological polar surface area (TPSA) is 62.6 Å². The molecule has 18 heavy (non-hydrogen) atoms. The second-order valence-corrected chi connectivity index (χ2v) is 5.84. The number of hydrogen-bond donors (Lipinski definition) is 1. The molecule has 0 saturated heterocycles. The SMILES string of the molecule is CC(CS(C)=O)N(C)CC(=O)NCc1ccco1. The van der Waals surface area contributed by atoms with Gasteiger partial charge in [0, 0.05) is 28.9 Å². The monoisotopic (exact) mass is 272 g/mol. The average molecular weight is 272 g/mol. The fourth-order valence-corrected chi connectivity index (χ4v) is 2.44. The quantitative estimate of drug-likeness (QED) is 0.789. The van der Waals surface area contributed by atoms with Crippen molar-refractivity contribution < 1.29 is 13.4 Å². The number of hydrogen-bond acceptors (Lipinski definition) is 4. The minimum absolute atomic E-state index is 0.0670. The third-order valence-corrected chi connectivity index (χ3v) is 3.61. The highest BCUT2D eigenvalue weighted by Gasteiger charge is 2.14. The summed E-state index contributed by atoms with van der Waals surface area (Å²) in [7, 11) is 1.00. The Kier molecular flexibility index (Phi) is 6.07. The van der Waals surface area contributed by atoms with Crippen molar-refractivity contribution >= 4 is 16.7 Å². The highest BCUT2D eigenvalue weighted by molar-refractivity contribution is 7.84. The van der Waals surface area contributed by atoms with Crippen molar-refractivity contribution in [2.75, 3.05) is 25.6 Å². The van der Waals surface area contributed by atoms with Gasteiger partial charge < -0.3 is 9.73 Å². The van der Waals surface area contributed by atoms with E-state index < -0.39 is 10.8 Å². The van der Waals surface area contributed by atoms with Crippen LogP contribution in [-0.4, -0.2) is 46.7 Å². The van der Waals surface area contributed by atoms with Crippen LogP contribution >= 0.6 is 0 Å². The number of carbonyl (C=O) groups excluding carboxylic acids is 1. The molecule has 0 aliphatic heterocycles. The van der Waals surface area contributed by atoms with Gasteiger partial charge in [0.1, 0.15) is 5.76 Å². The lowest BCUT2D eigenvalue weighted by Crippen LogP contribution is -2.41. The smallest absolute Gasteiger partial charge is 0.234 e. The number of furan rings is 1. The molecular formula is C12H20N2O3S. The van der Waals surface area contributed by atoms with Crippen LogP contribution in [-0.2, 0) is 22.1 Å². The van der Waals surface area contributed by atoms with E-state index in [1.807, 2.05) is 24.9 Å². The van der Waals surface area contributed by atoms with Crippen molar-refractivity contribution in [3.05, 3.63) is 24.2 Å². The summed E-state index contributed by atoms with van der Waals surface area (Å²) >= 11 is 0. The third-order valence-electron chi connectivity index (χ3n) is 2.66. The molecule has 1 N–H and O–H groups in total. The summed E-state index contributed by atoms with van der Waals surface area (Å²) in [6, 6.07) is 3.71. The molecule has 0 radical (unpaired) electrons. The van der Waals surface area contributed by atoms with E-state index in [-0.39, 0.29) is 11.9 Å². The average Bonchev–Trinajstić information content (AvgIpc) is 2.78. The second-order valence-electron chi connectivity index (χ2n) is 4.36. The van der Waals surface area contributed by atoms with E-state index in [4.69, 9.17) is 4.42 Å². The molecule has 1 amide bonds. The lowest BCUT2D eigenvalue weighted by Gasteiger charge is -2.23. The van der Waals surface area contributed by atoms with E-state index in [1.165, 1.54) is 0 Å². The Labute approximate surface area is 110 Å². The Balaban J connectivity index is 2.28. The Morgan fingerprint density at radius 1 is 1.61 bits per heavy atom. The van der Waals surface area contributed by atoms with Gasteiger partial charge in [-0.25, -0.2) is 0 Å². The highest BCUT2D eigenvalue weighted by atomic mass is 32.2. The number of amides is 1. The number of likely N-dealkylation sites (N-methyl/N-ethyl adjacent to an activating group) is 1. The van der Waals surface area contributed by atoms with Crippen molar-refractivity contribution in [2.24, 2.45) is 0 Å². The molecule has 1 rings (SSSR count). The molecule has 6 heteroatoms. The molecule has 2 atom stereocenters. The summed E-state index contributed by atoms with van der Waals surface area (Å²) in [6.45, 7) is 2.65. The normalized spacial score (nSPS) is 14.4. The molecule has 0 spiro atoms. The van der Waals surface area contributed by atoms with Crippen LogP contribution in [0.15, 0.2) is 22.8 Å². The van der Waals surface area contributed by atoms with Gasteiger partial charge in [0.05, 0.1) is 19.4 Å². The highest BCUT2D eigenvalue weighted by Crippen LogP contribution is 2.00. The first-order valence-corrected chi connectivity index (χ1v) is 7.51. The number of nitrogens with zero attached hydrogens (tertiary/aromatic N) is 1. The molecule has 5 nitrogen and oxygen atoms in total. The van der Waals surface area contributed by atoms with Crippen molar-refractivity contribution in [1.82, 2.24) is 10.2 Å². The van der Waals surface area contributed by atoms with E-state index in [2.05, 4.69) is 5.32 Å². The molecule has 1 aromatic heterocycles. The largest absolute Gasteiger partial charge is 0.467 e. The maximum absolute atomic E-state index is 11.7. The van der Waals surface area contributed by atoms with Crippen molar-refractivity contribution in [3.8, 4) is 0 Å². The van der Waals surface area contributed by atoms with Gasteiger partial charge in [-0.1, -0.05) is 0 Å². The molecule has 1 heterocycles. The second kappa shape index (κ2) is 7.33. The Morgan fingerprint density at radius 3 is 2.89 bits per heavy atom. The van der Waals surface area contributed by atoms with Crippen molar-refractivity contribution in [1.29, 1.82) is 0 Å². The van der Waals surface area contributed by atoms with Gasteiger partial charge in [0.2, 0.25) is 5.91 Å². The lowest BCUT2D eigenvalue weighted by atomic mass is 10.3. The van der Waals surface area contributed by atoms with Gasteiger partial charge in [-0.2, -0.15) is 0 Å². The minimum Gasteiger partial charge on any atom is -0.467 e. The van der Waals surface area contributed by atoms with Crippen LogP contribution in [0.5, 0.6) is 0 Å². The van der Waals surface area contributed by atoms with Crippen LogP contribution < -0.4 is 5.32 Å². The molecule has 0 bridgehead atoms. The standard InChI is InChI=1S/C12H20N2O3S/c1-10(9-18(3)16)14(2)8-12(15)13-7-11-5-4-6-17-11/h4-6,10H,7-9H2,1-3H3,(H,13,15). The molecule has 1 aromatic rings. The first-order chi connectivity index (χ1) is 8.49. The van der Waals surface area contributed by atoms with Gasteiger partial charge >= 0.3 is 0 Å². The molecular weight excluding hydrogens is 252 g/mol. The predicted molar refractivity (Wildman–Crippen MR) is 71.6 cm³/mol. The fraction of sp³-hybridized carbons (Fsp3) is 0.583. The zero-order valence-corrected chi connectivity index (χ0v) is 11.8. The molecule has 0 aromatic carbocycles. The molecule has 2 unspecified atom stereocenters. The van der Waals surface area contributed by atoms with Gasteiger partial charge in [-0.05, 0) is 26.1 Å². The van der Waals surface area contributed by atoms with Crippen LogP contribution in [0.25, 0.3) is 0 Å².